The highest BCUT2D eigenvalue weighted by atomic mass is 19.3. The Kier molecular flexibility index (Phi) is 6.47. The first-order chi connectivity index (χ1) is 17.6. The lowest BCUT2D eigenvalue weighted by molar-refractivity contribution is -0.137. The van der Waals surface area contributed by atoms with Gasteiger partial charge in [0.2, 0.25) is 5.91 Å². The van der Waals surface area contributed by atoms with Crippen molar-refractivity contribution in [2.24, 2.45) is 0 Å². The van der Waals surface area contributed by atoms with Crippen LogP contribution < -0.4 is 19.7 Å². The summed E-state index contributed by atoms with van der Waals surface area (Å²) < 4.78 is 53.7. The average molecular weight is 516 g/mol. The molecule has 2 aromatic carbocycles. The second-order valence-corrected chi connectivity index (χ2v) is 9.42. The van der Waals surface area contributed by atoms with E-state index >= 15 is 0 Å². The maximum absolute atomic E-state index is 14.9. The summed E-state index contributed by atoms with van der Waals surface area (Å²) in [6, 6.07) is 5.09. The van der Waals surface area contributed by atoms with Crippen LogP contribution in [0, 0.1) is 12.7 Å². The molecule has 0 unspecified atom stereocenters. The first-order valence-electron chi connectivity index (χ1n) is 12.1. The summed E-state index contributed by atoms with van der Waals surface area (Å²) in [5.41, 5.74) is 0.843. The van der Waals surface area contributed by atoms with Gasteiger partial charge in [-0.15, -0.1) is 0 Å². The van der Waals surface area contributed by atoms with Crippen molar-refractivity contribution in [3.63, 3.8) is 0 Å². The fourth-order valence-electron chi connectivity index (χ4n) is 4.71. The van der Waals surface area contributed by atoms with Gasteiger partial charge >= 0.3 is 0 Å². The number of ether oxygens (including phenoxy) is 2. The van der Waals surface area contributed by atoms with Gasteiger partial charge in [0, 0.05) is 24.9 Å². The van der Waals surface area contributed by atoms with E-state index in [4.69, 9.17) is 9.47 Å². The third-order valence-corrected chi connectivity index (χ3v) is 6.75. The number of aryl methyl sites for hydroxylation is 1. The lowest BCUT2D eigenvalue weighted by Crippen LogP contribution is -2.55. The molecule has 196 valence electrons. The minimum absolute atomic E-state index is 0.0103. The van der Waals surface area contributed by atoms with Crippen LogP contribution in [0.5, 0.6) is 11.5 Å². The molecule has 5 rings (SSSR count). The zero-order valence-electron chi connectivity index (χ0n) is 21.0. The number of amides is 1. The van der Waals surface area contributed by atoms with E-state index in [9.17, 15) is 18.0 Å². The largest absolute Gasteiger partial charge is 0.486 e. The number of alkyl halides is 2. The van der Waals surface area contributed by atoms with Crippen LogP contribution in [0.25, 0.3) is 10.9 Å². The molecule has 0 aliphatic carbocycles. The van der Waals surface area contributed by atoms with Gasteiger partial charge in [-0.2, -0.15) is 0 Å². The minimum atomic E-state index is -2.92. The molecule has 2 aliphatic rings. The molecule has 0 radical (unpaired) electrons. The molecule has 0 spiro atoms. The highest BCUT2D eigenvalue weighted by Crippen LogP contribution is 2.47. The smallest absolute Gasteiger partial charge is 0.266 e. The number of carbonyl (C=O) groups is 1. The summed E-state index contributed by atoms with van der Waals surface area (Å²) in [5.74, 6) is 1.01. The van der Waals surface area contributed by atoms with Crippen molar-refractivity contribution < 1.29 is 27.4 Å². The normalized spacial score (nSPS) is 16.3. The van der Waals surface area contributed by atoms with E-state index in [0.717, 1.165) is 11.8 Å². The first kappa shape index (κ1) is 24.9. The van der Waals surface area contributed by atoms with Gasteiger partial charge in [-0.3, -0.25) is 4.79 Å². The van der Waals surface area contributed by atoms with Crippen LogP contribution in [0.3, 0.4) is 0 Å². The molecule has 8 nitrogen and oxygen atoms in total. The third kappa shape index (κ3) is 4.58. The molecule has 1 atom stereocenters. The molecule has 1 amide bonds. The lowest BCUT2D eigenvalue weighted by atomic mass is 10.0. The number of nitrogens with one attached hydrogen (secondary N) is 1. The lowest BCUT2D eigenvalue weighted by Gasteiger charge is -2.39. The van der Waals surface area contributed by atoms with E-state index in [1.165, 1.54) is 19.1 Å². The number of halogens is 3. The third-order valence-electron chi connectivity index (χ3n) is 6.75. The molecule has 11 heteroatoms. The number of aromatic nitrogens is 2. The number of hydrogen-bond acceptors (Lipinski definition) is 7. The Morgan fingerprint density at radius 3 is 2.68 bits per heavy atom. The second-order valence-electron chi connectivity index (χ2n) is 9.42. The van der Waals surface area contributed by atoms with E-state index in [1.54, 1.807) is 24.8 Å². The average Bonchev–Trinajstić information content (AvgIpc) is 2.81. The van der Waals surface area contributed by atoms with E-state index in [2.05, 4.69) is 15.3 Å². The Labute approximate surface area is 212 Å². The highest BCUT2D eigenvalue weighted by Gasteiger charge is 2.33. The van der Waals surface area contributed by atoms with Crippen LogP contribution >= 0.6 is 0 Å². The predicted molar refractivity (Wildman–Crippen MR) is 133 cm³/mol. The number of anilines is 2. The molecule has 0 saturated carbocycles. The molecular weight excluding hydrogens is 487 g/mol. The van der Waals surface area contributed by atoms with Crippen molar-refractivity contribution in [1.82, 2.24) is 14.9 Å². The Morgan fingerprint density at radius 1 is 1.24 bits per heavy atom. The standard InChI is InChI=1S/C26H28F3N5O3/c1-13(17-6-5-7-18(21(17)27)25(28)29)30-26-19-10-20(37-16-11-34(12-16)15(3)35)24-23(33(4)8-9-36-24)22(19)31-14(2)32-26/h5-7,10,13,16,25H,8-9,11-12H2,1-4H3,(H,30,31,32)/t13-/m1/s1. The maximum atomic E-state index is 14.9. The fraction of sp³-hybridized carbons (Fsp3) is 0.423. The molecule has 1 aromatic heterocycles. The Morgan fingerprint density at radius 2 is 1.97 bits per heavy atom. The van der Waals surface area contributed by atoms with Gasteiger partial charge in [-0.25, -0.2) is 23.1 Å². The fourth-order valence-corrected chi connectivity index (χ4v) is 4.71. The van der Waals surface area contributed by atoms with Crippen molar-refractivity contribution in [2.45, 2.75) is 39.3 Å². The van der Waals surface area contributed by atoms with Crippen LogP contribution in [-0.4, -0.2) is 60.2 Å². The van der Waals surface area contributed by atoms with E-state index in [1.807, 2.05) is 11.9 Å². The highest BCUT2D eigenvalue weighted by molar-refractivity contribution is 6.02. The number of nitrogens with zero attached hydrogens (tertiary/aromatic N) is 4. The monoisotopic (exact) mass is 515 g/mol. The molecule has 1 saturated heterocycles. The number of carbonyl (C=O) groups excluding carboxylic acids is 1. The van der Waals surface area contributed by atoms with Gasteiger partial charge in [-0.1, -0.05) is 18.2 Å². The van der Waals surface area contributed by atoms with Crippen molar-refractivity contribution in [3.05, 3.63) is 47.0 Å². The zero-order valence-corrected chi connectivity index (χ0v) is 21.0. The van der Waals surface area contributed by atoms with Crippen LogP contribution in [-0.2, 0) is 4.79 Å². The van der Waals surface area contributed by atoms with Gasteiger partial charge in [-0.05, 0) is 19.9 Å². The van der Waals surface area contributed by atoms with Gasteiger partial charge < -0.3 is 24.6 Å². The van der Waals surface area contributed by atoms with Gasteiger partial charge in [0.05, 0.1) is 31.2 Å². The minimum Gasteiger partial charge on any atom is -0.486 e. The van der Waals surface area contributed by atoms with E-state index in [0.29, 0.717) is 60.3 Å². The van der Waals surface area contributed by atoms with Crippen molar-refractivity contribution >= 4 is 28.3 Å². The first-order valence-corrected chi connectivity index (χ1v) is 12.1. The topological polar surface area (TPSA) is 79.8 Å². The van der Waals surface area contributed by atoms with Gasteiger partial charge in [0.25, 0.3) is 6.43 Å². The van der Waals surface area contributed by atoms with Crippen LogP contribution in [0.15, 0.2) is 24.3 Å². The number of likely N-dealkylation sites (tertiary alicyclic amines) is 1. The second kappa shape index (κ2) is 9.60. The van der Waals surface area contributed by atoms with Crippen molar-refractivity contribution in [2.75, 3.05) is 43.5 Å². The van der Waals surface area contributed by atoms with Gasteiger partial charge in [0.15, 0.2) is 11.5 Å². The quantitative estimate of drug-likeness (QED) is 0.513. The Balaban J connectivity index is 1.56. The SMILES string of the molecule is CC(=O)N1CC(Oc2cc3c(N[C@H](C)c4cccc(C(F)F)c4F)nc(C)nc3c3c2OCCN3C)C1. The summed E-state index contributed by atoms with van der Waals surface area (Å²) in [6.45, 7) is 7.02. The maximum Gasteiger partial charge on any atom is 0.266 e. The molecule has 0 bridgehead atoms. The zero-order chi connectivity index (χ0) is 26.4. The number of rotatable bonds is 6. The van der Waals surface area contributed by atoms with Gasteiger partial charge in [0.1, 0.15) is 41.4 Å². The van der Waals surface area contributed by atoms with Crippen molar-refractivity contribution in [3.8, 4) is 11.5 Å². The Bertz CT molecular complexity index is 1360. The summed E-state index contributed by atoms with van der Waals surface area (Å²) in [4.78, 5) is 24.5. The molecule has 1 fully saturated rings. The number of benzene rings is 2. The van der Waals surface area contributed by atoms with E-state index < -0.39 is 23.8 Å². The van der Waals surface area contributed by atoms with Crippen LogP contribution in [0.1, 0.15) is 43.3 Å². The number of hydrogen-bond donors (Lipinski definition) is 1. The molecule has 1 N–H and O–H groups in total. The molecule has 37 heavy (non-hydrogen) atoms. The Hall–Kier alpha value is -3.76. The molecule has 3 aromatic rings. The summed E-state index contributed by atoms with van der Waals surface area (Å²) in [5, 5.41) is 3.82. The summed E-state index contributed by atoms with van der Waals surface area (Å²) >= 11 is 0. The van der Waals surface area contributed by atoms with Crippen LogP contribution in [0.4, 0.5) is 24.7 Å². The summed E-state index contributed by atoms with van der Waals surface area (Å²) in [7, 11) is 1.93. The predicted octanol–water partition coefficient (Wildman–Crippen LogP) is 4.63. The molecular formula is C26H28F3N5O3. The van der Waals surface area contributed by atoms with Crippen LogP contribution in [0.2, 0.25) is 0 Å². The number of fused-ring (bicyclic) bond motifs is 3. The molecule has 2 aliphatic heterocycles. The van der Waals surface area contributed by atoms with E-state index in [-0.39, 0.29) is 17.6 Å². The number of likely N-dealkylation sites (N-methyl/N-ethyl adjacent to an activating group) is 1. The van der Waals surface area contributed by atoms with Crippen molar-refractivity contribution in [1.29, 1.82) is 0 Å². The molecule has 3 heterocycles. The summed E-state index contributed by atoms with van der Waals surface area (Å²) in [6.07, 6.45) is -3.10.